The minimum absolute atomic E-state index is 0.400. The molecule has 0 saturated carbocycles. The third-order valence-electron chi connectivity index (χ3n) is 3.15. The Morgan fingerprint density at radius 1 is 1.35 bits per heavy atom. The molecule has 0 amide bonds. The maximum absolute atomic E-state index is 5.33. The minimum atomic E-state index is 0.400. The van der Waals surface area contributed by atoms with Gasteiger partial charge in [-0.3, -0.25) is 4.68 Å². The molecule has 110 valence electrons. The molecule has 0 aliphatic rings. The highest BCUT2D eigenvalue weighted by Gasteiger charge is 2.15. The maximum atomic E-state index is 5.33. The van der Waals surface area contributed by atoms with Gasteiger partial charge in [-0.1, -0.05) is 25.4 Å². The van der Waals surface area contributed by atoms with E-state index in [1.54, 1.807) is 4.68 Å². The lowest BCUT2D eigenvalue weighted by molar-refractivity contribution is 0.350. The standard InChI is InChI=1S/C14H23N5O/c1-4-6-11(15-8-5-2)10-13-16-14(18-20-13)12-7-9-19(3)17-12/h7,9,11,15H,4-6,8,10H2,1-3H3. The molecule has 1 atom stereocenters. The predicted molar refractivity (Wildman–Crippen MR) is 77.2 cm³/mol. The Kier molecular flexibility index (Phi) is 5.29. The van der Waals surface area contributed by atoms with Gasteiger partial charge in [0, 0.05) is 25.7 Å². The monoisotopic (exact) mass is 277 g/mol. The van der Waals surface area contributed by atoms with Gasteiger partial charge in [0.2, 0.25) is 11.7 Å². The molecule has 0 bridgehead atoms. The second-order valence-corrected chi connectivity index (χ2v) is 5.03. The van der Waals surface area contributed by atoms with E-state index in [-0.39, 0.29) is 0 Å². The van der Waals surface area contributed by atoms with E-state index < -0.39 is 0 Å². The Bertz CT molecular complexity index is 519. The fourth-order valence-electron chi connectivity index (χ4n) is 2.16. The van der Waals surface area contributed by atoms with Gasteiger partial charge in [0.15, 0.2) is 0 Å². The van der Waals surface area contributed by atoms with Gasteiger partial charge in [-0.15, -0.1) is 0 Å². The van der Waals surface area contributed by atoms with E-state index in [0.717, 1.165) is 37.9 Å². The molecule has 0 radical (unpaired) electrons. The SMILES string of the molecule is CCCNC(CCC)Cc1nc(-c2ccn(C)n2)no1. The summed E-state index contributed by atoms with van der Waals surface area (Å²) in [7, 11) is 1.87. The normalized spacial score (nSPS) is 12.8. The summed E-state index contributed by atoms with van der Waals surface area (Å²) in [5, 5.41) is 11.8. The second kappa shape index (κ2) is 7.19. The van der Waals surface area contributed by atoms with E-state index in [1.807, 2.05) is 19.3 Å². The van der Waals surface area contributed by atoms with Crippen LogP contribution in [0.2, 0.25) is 0 Å². The van der Waals surface area contributed by atoms with Gasteiger partial charge in [0.1, 0.15) is 5.69 Å². The van der Waals surface area contributed by atoms with E-state index in [4.69, 9.17) is 4.52 Å². The third kappa shape index (κ3) is 3.90. The molecule has 0 aliphatic carbocycles. The lowest BCUT2D eigenvalue weighted by Gasteiger charge is -2.15. The summed E-state index contributed by atoms with van der Waals surface area (Å²) in [4.78, 5) is 4.43. The zero-order valence-electron chi connectivity index (χ0n) is 12.5. The smallest absolute Gasteiger partial charge is 0.228 e. The first-order valence-electron chi connectivity index (χ1n) is 7.29. The van der Waals surface area contributed by atoms with Crippen molar-refractivity contribution in [2.75, 3.05) is 6.54 Å². The highest BCUT2D eigenvalue weighted by molar-refractivity contribution is 5.46. The van der Waals surface area contributed by atoms with Crippen LogP contribution in [-0.4, -0.2) is 32.5 Å². The molecule has 2 aromatic rings. The second-order valence-electron chi connectivity index (χ2n) is 5.03. The molecule has 1 unspecified atom stereocenters. The topological polar surface area (TPSA) is 68.8 Å². The van der Waals surface area contributed by atoms with Crippen molar-refractivity contribution in [1.82, 2.24) is 25.2 Å². The Morgan fingerprint density at radius 2 is 2.20 bits per heavy atom. The number of rotatable bonds is 8. The third-order valence-corrected chi connectivity index (χ3v) is 3.15. The highest BCUT2D eigenvalue weighted by Crippen LogP contribution is 2.14. The number of hydrogen-bond acceptors (Lipinski definition) is 5. The average molecular weight is 277 g/mol. The first kappa shape index (κ1) is 14.7. The van der Waals surface area contributed by atoms with Gasteiger partial charge in [-0.2, -0.15) is 10.1 Å². The zero-order chi connectivity index (χ0) is 14.4. The van der Waals surface area contributed by atoms with Crippen molar-refractivity contribution in [1.29, 1.82) is 0 Å². The van der Waals surface area contributed by atoms with Crippen LogP contribution in [0, 0.1) is 0 Å². The molecule has 2 heterocycles. The number of nitrogens with zero attached hydrogens (tertiary/aromatic N) is 4. The fraction of sp³-hybridized carbons (Fsp3) is 0.643. The van der Waals surface area contributed by atoms with Crippen LogP contribution in [0.4, 0.5) is 0 Å². The molecular weight excluding hydrogens is 254 g/mol. The van der Waals surface area contributed by atoms with Gasteiger partial charge in [0.25, 0.3) is 0 Å². The molecule has 0 aliphatic heterocycles. The minimum Gasteiger partial charge on any atom is -0.339 e. The van der Waals surface area contributed by atoms with Gasteiger partial charge in [-0.25, -0.2) is 0 Å². The molecule has 0 spiro atoms. The number of aromatic nitrogens is 4. The van der Waals surface area contributed by atoms with E-state index in [9.17, 15) is 0 Å². The molecule has 20 heavy (non-hydrogen) atoms. The summed E-state index contributed by atoms with van der Waals surface area (Å²) in [6.45, 7) is 5.38. The van der Waals surface area contributed by atoms with E-state index in [1.165, 1.54) is 0 Å². The lowest BCUT2D eigenvalue weighted by atomic mass is 10.1. The molecule has 0 aromatic carbocycles. The van der Waals surface area contributed by atoms with E-state index in [2.05, 4.69) is 34.4 Å². The fourth-order valence-corrected chi connectivity index (χ4v) is 2.16. The van der Waals surface area contributed by atoms with Gasteiger partial charge >= 0.3 is 0 Å². The van der Waals surface area contributed by atoms with Crippen LogP contribution in [0.1, 0.15) is 39.0 Å². The molecular formula is C14H23N5O. The van der Waals surface area contributed by atoms with Gasteiger partial charge < -0.3 is 9.84 Å². The summed E-state index contributed by atoms with van der Waals surface area (Å²) in [5.41, 5.74) is 0.746. The van der Waals surface area contributed by atoms with Crippen LogP contribution < -0.4 is 5.32 Å². The lowest BCUT2D eigenvalue weighted by Crippen LogP contribution is -2.31. The summed E-state index contributed by atoms with van der Waals surface area (Å²) >= 11 is 0. The van der Waals surface area contributed by atoms with Crippen LogP contribution in [0.3, 0.4) is 0 Å². The van der Waals surface area contributed by atoms with Crippen LogP contribution in [0.15, 0.2) is 16.8 Å². The molecule has 6 nitrogen and oxygen atoms in total. The highest BCUT2D eigenvalue weighted by atomic mass is 16.5. The Morgan fingerprint density at radius 3 is 2.85 bits per heavy atom. The summed E-state index contributed by atoms with van der Waals surface area (Å²) in [5.74, 6) is 1.24. The molecule has 2 rings (SSSR count). The maximum Gasteiger partial charge on any atom is 0.228 e. The van der Waals surface area contributed by atoms with Crippen molar-refractivity contribution < 1.29 is 4.52 Å². The first-order chi connectivity index (χ1) is 9.72. The van der Waals surface area contributed by atoms with Crippen LogP contribution in [0.5, 0.6) is 0 Å². The number of hydrogen-bond donors (Lipinski definition) is 1. The van der Waals surface area contributed by atoms with Crippen LogP contribution in [0.25, 0.3) is 11.5 Å². The largest absolute Gasteiger partial charge is 0.339 e. The summed E-state index contributed by atoms with van der Waals surface area (Å²) < 4.78 is 7.06. The molecule has 1 N–H and O–H groups in total. The molecule has 0 saturated heterocycles. The predicted octanol–water partition coefficient (Wildman–Crippen LogP) is 2.18. The molecule has 6 heteroatoms. The molecule has 0 fully saturated rings. The Hall–Kier alpha value is -1.69. The van der Waals surface area contributed by atoms with E-state index >= 15 is 0 Å². The van der Waals surface area contributed by atoms with Crippen LogP contribution >= 0.6 is 0 Å². The Balaban J connectivity index is 2.00. The van der Waals surface area contributed by atoms with Crippen molar-refractivity contribution in [3.05, 3.63) is 18.2 Å². The van der Waals surface area contributed by atoms with Crippen molar-refractivity contribution in [2.45, 2.75) is 45.6 Å². The van der Waals surface area contributed by atoms with E-state index in [0.29, 0.717) is 17.8 Å². The summed E-state index contributed by atoms with van der Waals surface area (Å²) in [6, 6.07) is 2.28. The first-order valence-corrected chi connectivity index (χ1v) is 7.29. The number of aryl methyl sites for hydroxylation is 1. The van der Waals surface area contributed by atoms with Crippen molar-refractivity contribution in [3.8, 4) is 11.5 Å². The number of nitrogens with one attached hydrogen (secondary N) is 1. The zero-order valence-corrected chi connectivity index (χ0v) is 12.5. The van der Waals surface area contributed by atoms with Crippen LogP contribution in [-0.2, 0) is 13.5 Å². The van der Waals surface area contributed by atoms with Crippen molar-refractivity contribution in [3.63, 3.8) is 0 Å². The average Bonchev–Trinajstić information content (AvgIpc) is 3.05. The quantitative estimate of drug-likeness (QED) is 0.801. The Labute approximate surface area is 119 Å². The van der Waals surface area contributed by atoms with Crippen molar-refractivity contribution >= 4 is 0 Å². The van der Waals surface area contributed by atoms with Crippen molar-refractivity contribution in [2.24, 2.45) is 7.05 Å². The summed E-state index contributed by atoms with van der Waals surface area (Å²) in [6.07, 6.45) is 6.02. The van der Waals surface area contributed by atoms with Gasteiger partial charge in [-0.05, 0) is 25.5 Å². The molecule has 2 aromatic heterocycles. The van der Waals surface area contributed by atoms with Gasteiger partial charge in [0.05, 0.1) is 0 Å².